The molecule has 0 aromatic heterocycles. The summed E-state index contributed by atoms with van der Waals surface area (Å²) in [6.07, 6.45) is 48.6. The lowest BCUT2D eigenvalue weighted by Gasteiger charge is -2.05. The number of halogens is 1. The summed E-state index contributed by atoms with van der Waals surface area (Å²) < 4.78 is 15.1. The van der Waals surface area contributed by atoms with E-state index >= 15 is 0 Å². The number of hydrogen-bond acceptors (Lipinski definition) is 2. The second kappa shape index (κ2) is 37.1. The average Bonchev–Trinajstić information content (AvgIpc) is 2.98. The highest BCUT2D eigenvalue weighted by molar-refractivity contribution is 9.09. The van der Waals surface area contributed by atoms with E-state index in [1.807, 2.05) is 0 Å². The first-order valence-electron chi connectivity index (χ1n) is 19.3. The van der Waals surface area contributed by atoms with Crippen molar-refractivity contribution in [3.8, 4) is 0 Å². The molecule has 0 radical (unpaired) electrons. The molecule has 0 aliphatic carbocycles. The van der Waals surface area contributed by atoms with Gasteiger partial charge in [-0.15, -0.1) is 0 Å². The van der Waals surface area contributed by atoms with Crippen LogP contribution in [0.25, 0.3) is 0 Å². The molecule has 0 aliphatic heterocycles. The van der Waals surface area contributed by atoms with E-state index in [0.29, 0.717) is 0 Å². The van der Waals surface area contributed by atoms with Gasteiger partial charge in [0.25, 0.3) is 0 Å². The van der Waals surface area contributed by atoms with Crippen LogP contribution < -0.4 is 0 Å². The molecule has 4 nitrogen and oxygen atoms in total. The molecule has 6 heteroatoms. The van der Waals surface area contributed by atoms with Gasteiger partial charge in [-0.05, 0) is 12.8 Å². The molecule has 0 spiro atoms. The van der Waals surface area contributed by atoms with E-state index in [2.05, 4.69) is 20.5 Å². The van der Waals surface area contributed by atoms with E-state index in [1.165, 1.54) is 211 Å². The molecule has 43 heavy (non-hydrogen) atoms. The van der Waals surface area contributed by atoms with Crippen molar-refractivity contribution >= 4 is 23.8 Å². The van der Waals surface area contributed by atoms with Gasteiger partial charge in [-0.3, -0.25) is 4.52 Å². The zero-order valence-corrected chi connectivity index (χ0v) is 31.2. The number of phosphoric ester groups is 1. The second-order valence-electron chi connectivity index (χ2n) is 13.4. The summed E-state index contributed by atoms with van der Waals surface area (Å²) in [4.78, 5) is 17.3. The number of rotatable bonds is 38. The molecule has 2 N–H and O–H groups in total. The Morgan fingerprint density at radius 1 is 0.326 bits per heavy atom. The van der Waals surface area contributed by atoms with Crippen LogP contribution in [0.5, 0.6) is 0 Å². The van der Waals surface area contributed by atoms with Crippen molar-refractivity contribution in [1.29, 1.82) is 0 Å². The number of alkyl halides is 1. The fourth-order valence-corrected chi connectivity index (χ4v) is 6.98. The Hall–Kier alpha value is 0.590. The highest BCUT2D eigenvalue weighted by Gasteiger charge is 2.12. The van der Waals surface area contributed by atoms with Gasteiger partial charge >= 0.3 is 7.82 Å². The Labute approximate surface area is 278 Å². The smallest absolute Gasteiger partial charge is 0.303 e. The quantitative estimate of drug-likeness (QED) is 0.0383. The van der Waals surface area contributed by atoms with Crippen molar-refractivity contribution in [3.63, 3.8) is 0 Å². The molecule has 0 rings (SSSR count). The van der Waals surface area contributed by atoms with Crippen LogP contribution in [0.4, 0.5) is 0 Å². The van der Waals surface area contributed by atoms with Gasteiger partial charge in [-0.2, -0.15) is 0 Å². The van der Waals surface area contributed by atoms with Crippen LogP contribution >= 0.6 is 23.8 Å². The fraction of sp³-hybridized carbons (Fsp3) is 1.00. The standard InChI is InChI=1S/C37H76BrO4P/c38-36-34-32-30-28-26-24-22-20-18-16-14-12-10-8-6-4-2-1-3-5-7-9-11-13-15-17-19-21-23-25-27-29-31-33-35-37-42-43(39,40)41/h1-37H2,(H2,39,40,41). The van der Waals surface area contributed by atoms with Crippen LogP contribution in [-0.4, -0.2) is 21.7 Å². The lowest BCUT2D eigenvalue weighted by molar-refractivity contribution is 0.193. The fourth-order valence-electron chi connectivity index (χ4n) is 6.21. The predicted octanol–water partition coefficient (Wildman–Crippen LogP) is 14.1. The van der Waals surface area contributed by atoms with E-state index in [4.69, 9.17) is 9.79 Å². The van der Waals surface area contributed by atoms with Gasteiger partial charge < -0.3 is 9.79 Å². The van der Waals surface area contributed by atoms with Crippen LogP contribution in [0.1, 0.15) is 225 Å². The van der Waals surface area contributed by atoms with E-state index in [-0.39, 0.29) is 6.61 Å². The van der Waals surface area contributed by atoms with Crippen molar-refractivity contribution in [2.45, 2.75) is 225 Å². The number of unbranched alkanes of at least 4 members (excludes halogenated alkanes) is 34. The van der Waals surface area contributed by atoms with Crippen molar-refractivity contribution in [2.24, 2.45) is 0 Å². The maximum Gasteiger partial charge on any atom is 0.469 e. The monoisotopic (exact) mass is 694 g/mol. The normalized spacial score (nSPS) is 12.0. The molecule has 0 aromatic carbocycles. The van der Waals surface area contributed by atoms with E-state index in [1.54, 1.807) is 0 Å². The number of phosphoric acid groups is 1. The van der Waals surface area contributed by atoms with Crippen LogP contribution in [0.3, 0.4) is 0 Å². The lowest BCUT2D eigenvalue weighted by Crippen LogP contribution is -1.92. The van der Waals surface area contributed by atoms with Crippen molar-refractivity contribution < 1.29 is 18.9 Å². The van der Waals surface area contributed by atoms with E-state index < -0.39 is 7.82 Å². The Morgan fingerprint density at radius 2 is 0.488 bits per heavy atom. The first-order chi connectivity index (χ1) is 21.1. The largest absolute Gasteiger partial charge is 0.469 e. The zero-order valence-electron chi connectivity index (χ0n) is 28.7. The molecular formula is C37H76BrO4P. The molecule has 0 amide bonds. The molecule has 0 atom stereocenters. The molecule has 0 aliphatic rings. The summed E-state index contributed by atoms with van der Waals surface area (Å²) >= 11 is 3.52. The van der Waals surface area contributed by atoms with Gasteiger partial charge in [0, 0.05) is 5.33 Å². The second-order valence-corrected chi connectivity index (χ2v) is 15.4. The molecule has 0 saturated carbocycles. The zero-order chi connectivity index (χ0) is 31.4. The summed E-state index contributed by atoms with van der Waals surface area (Å²) in [6, 6.07) is 0. The van der Waals surface area contributed by atoms with E-state index in [9.17, 15) is 4.57 Å². The third-order valence-corrected chi connectivity index (χ3v) is 10.1. The third-order valence-electron chi connectivity index (χ3n) is 9.04. The maximum absolute atomic E-state index is 10.6. The van der Waals surface area contributed by atoms with Crippen LogP contribution in [0, 0.1) is 0 Å². The Bertz CT molecular complexity index is 557. The molecule has 0 bridgehead atoms. The summed E-state index contributed by atoms with van der Waals surface area (Å²) in [5, 5.41) is 1.18. The van der Waals surface area contributed by atoms with Gasteiger partial charge in [0.1, 0.15) is 0 Å². The van der Waals surface area contributed by atoms with Gasteiger partial charge in [-0.1, -0.05) is 228 Å². The summed E-state index contributed by atoms with van der Waals surface area (Å²) in [5.74, 6) is 0. The molecule has 0 heterocycles. The molecular weight excluding hydrogens is 619 g/mol. The Kier molecular flexibility index (Phi) is 37.6. The van der Waals surface area contributed by atoms with Crippen LogP contribution in [-0.2, 0) is 9.09 Å². The minimum absolute atomic E-state index is 0.170. The molecule has 0 aromatic rings. The molecule has 0 unspecified atom stereocenters. The van der Waals surface area contributed by atoms with Gasteiger partial charge in [0.15, 0.2) is 0 Å². The highest BCUT2D eigenvalue weighted by atomic mass is 79.9. The van der Waals surface area contributed by atoms with Crippen molar-refractivity contribution in [3.05, 3.63) is 0 Å². The van der Waals surface area contributed by atoms with Gasteiger partial charge in [0.05, 0.1) is 6.61 Å². The average molecular weight is 696 g/mol. The first kappa shape index (κ1) is 43.6. The molecule has 0 saturated heterocycles. The minimum Gasteiger partial charge on any atom is -0.303 e. The third kappa shape index (κ3) is 42.6. The van der Waals surface area contributed by atoms with Crippen molar-refractivity contribution in [1.82, 2.24) is 0 Å². The van der Waals surface area contributed by atoms with Gasteiger partial charge in [-0.25, -0.2) is 4.57 Å². The summed E-state index contributed by atoms with van der Waals surface area (Å²) in [7, 11) is -4.27. The minimum atomic E-state index is -4.27. The van der Waals surface area contributed by atoms with Crippen LogP contribution in [0.15, 0.2) is 0 Å². The SMILES string of the molecule is O=P(O)(O)OCCCCCCCCCCCCCCCCCCCCCCCCCCCCCCCCCCCCCBr. The maximum atomic E-state index is 10.6. The number of hydrogen-bond donors (Lipinski definition) is 2. The van der Waals surface area contributed by atoms with Crippen molar-refractivity contribution in [2.75, 3.05) is 11.9 Å². The predicted molar refractivity (Wildman–Crippen MR) is 193 cm³/mol. The van der Waals surface area contributed by atoms with Gasteiger partial charge in [0.2, 0.25) is 0 Å². The lowest BCUT2D eigenvalue weighted by atomic mass is 10.0. The molecule has 260 valence electrons. The Morgan fingerprint density at radius 3 is 0.651 bits per heavy atom. The van der Waals surface area contributed by atoms with Crippen LogP contribution in [0.2, 0.25) is 0 Å². The first-order valence-corrected chi connectivity index (χ1v) is 22.0. The highest BCUT2D eigenvalue weighted by Crippen LogP contribution is 2.35. The summed E-state index contributed by atoms with van der Waals surface area (Å²) in [6.45, 7) is 0.170. The summed E-state index contributed by atoms with van der Waals surface area (Å²) in [5.41, 5.74) is 0. The Balaban J connectivity index is 3.05. The topological polar surface area (TPSA) is 66.8 Å². The molecule has 0 fully saturated rings. The van der Waals surface area contributed by atoms with E-state index in [0.717, 1.165) is 19.3 Å².